The Kier molecular flexibility index (Phi) is 8.11. The van der Waals surface area contributed by atoms with Gasteiger partial charge in [0.2, 0.25) is 0 Å². The molecule has 2 aromatic carbocycles. The van der Waals surface area contributed by atoms with Crippen LogP contribution in [0.25, 0.3) is 11.3 Å². The van der Waals surface area contributed by atoms with Crippen LogP contribution in [-0.2, 0) is 6.54 Å². The van der Waals surface area contributed by atoms with Crippen molar-refractivity contribution in [2.75, 3.05) is 19.6 Å². The van der Waals surface area contributed by atoms with Crippen molar-refractivity contribution in [1.29, 1.82) is 0 Å². The topological polar surface area (TPSA) is 87.6 Å². The fraction of sp³-hybridized carbons (Fsp3) is 0.448. The molecular formula is C29H39N5O2. The van der Waals surface area contributed by atoms with Crippen molar-refractivity contribution in [3.05, 3.63) is 78.2 Å². The minimum Gasteiger partial charge on any atom is -0.373 e. The minimum absolute atomic E-state index is 0.149. The van der Waals surface area contributed by atoms with Gasteiger partial charge in [0, 0.05) is 31.4 Å². The Morgan fingerprint density at radius 3 is 2.39 bits per heavy atom. The highest BCUT2D eigenvalue weighted by Gasteiger charge is 2.41. The maximum Gasteiger partial charge on any atom is 0.322 e. The molecule has 2 atom stereocenters. The molecule has 0 saturated carbocycles. The van der Waals surface area contributed by atoms with E-state index in [-0.39, 0.29) is 17.5 Å². The van der Waals surface area contributed by atoms with Crippen molar-refractivity contribution in [2.24, 2.45) is 11.1 Å². The van der Waals surface area contributed by atoms with Gasteiger partial charge in [-0.2, -0.15) is 0 Å². The third kappa shape index (κ3) is 5.79. The van der Waals surface area contributed by atoms with Gasteiger partial charge in [-0.25, -0.2) is 9.78 Å². The summed E-state index contributed by atoms with van der Waals surface area (Å²) in [5, 5.41) is 10.5. The summed E-state index contributed by atoms with van der Waals surface area (Å²) in [6.45, 7) is 8.62. The molecule has 1 saturated heterocycles. The monoisotopic (exact) mass is 489 g/mol. The first kappa shape index (κ1) is 25.9. The maximum absolute atomic E-state index is 13.9. The van der Waals surface area contributed by atoms with Crippen molar-refractivity contribution < 1.29 is 9.90 Å². The predicted octanol–water partition coefficient (Wildman–Crippen LogP) is 4.87. The van der Waals surface area contributed by atoms with E-state index in [1.807, 2.05) is 41.3 Å². The van der Waals surface area contributed by atoms with Crippen LogP contribution in [0.3, 0.4) is 0 Å². The molecule has 3 aromatic rings. The molecule has 2 heterocycles. The van der Waals surface area contributed by atoms with Crippen LogP contribution in [-0.4, -0.2) is 56.4 Å². The average Bonchev–Trinajstić information content (AvgIpc) is 3.48. The molecule has 1 aromatic heterocycles. The highest BCUT2D eigenvalue weighted by atomic mass is 16.3. The van der Waals surface area contributed by atoms with Gasteiger partial charge in [-0.3, -0.25) is 4.90 Å². The third-order valence-electron chi connectivity index (χ3n) is 6.76. The van der Waals surface area contributed by atoms with Gasteiger partial charge in [-0.1, -0.05) is 81.4 Å². The van der Waals surface area contributed by atoms with E-state index in [2.05, 4.69) is 55.8 Å². The smallest absolute Gasteiger partial charge is 0.322 e. The molecule has 2 amide bonds. The number of aromatic nitrogens is 2. The van der Waals surface area contributed by atoms with E-state index in [4.69, 9.17) is 10.7 Å². The number of benzene rings is 2. The Morgan fingerprint density at radius 1 is 1.14 bits per heavy atom. The molecule has 4 rings (SSSR count). The number of nitrogens with two attached hydrogens (primary N) is 1. The van der Waals surface area contributed by atoms with Crippen LogP contribution >= 0.6 is 0 Å². The van der Waals surface area contributed by atoms with Crippen LogP contribution in [0.2, 0.25) is 0 Å². The number of hydrogen-bond acceptors (Lipinski definition) is 4. The Labute approximate surface area is 214 Å². The zero-order chi connectivity index (χ0) is 25.7. The molecule has 0 spiro atoms. The average molecular weight is 490 g/mol. The van der Waals surface area contributed by atoms with E-state index in [1.54, 1.807) is 4.90 Å². The SMILES string of the molecule is CC(C)(C)[C@H](c1nc(-c2ccccc2)cn1Cc1ccccc1)N(CCCN)C(=O)N1CCCC1O. The molecule has 1 unspecified atom stereocenters. The Bertz CT molecular complexity index is 1120. The highest BCUT2D eigenvalue weighted by Crippen LogP contribution is 2.40. The molecule has 1 aliphatic rings. The Hall–Kier alpha value is -3.16. The normalized spacial score (nSPS) is 16.8. The quantitative estimate of drug-likeness (QED) is 0.473. The largest absolute Gasteiger partial charge is 0.373 e. The highest BCUT2D eigenvalue weighted by molar-refractivity contribution is 5.75. The van der Waals surface area contributed by atoms with Crippen LogP contribution in [0.15, 0.2) is 66.9 Å². The molecule has 7 heteroatoms. The first-order chi connectivity index (χ1) is 17.3. The number of carbonyl (C=O) groups is 1. The first-order valence-electron chi connectivity index (χ1n) is 12.9. The number of amides is 2. The minimum atomic E-state index is -0.748. The predicted molar refractivity (Wildman–Crippen MR) is 143 cm³/mol. The summed E-state index contributed by atoms with van der Waals surface area (Å²) in [4.78, 5) is 22.5. The molecule has 192 valence electrons. The number of hydrogen-bond donors (Lipinski definition) is 2. The zero-order valence-electron chi connectivity index (χ0n) is 21.7. The number of rotatable bonds is 8. The Morgan fingerprint density at radius 2 is 1.81 bits per heavy atom. The fourth-order valence-corrected chi connectivity index (χ4v) is 5.03. The van der Waals surface area contributed by atoms with Crippen molar-refractivity contribution in [3.8, 4) is 11.3 Å². The van der Waals surface area contributed by atoms with Gasteiger partial charge in [0.1, 0.15) is 12.1 Å². The maximum atomic E-state index is 13.9. The van der Waals surface area contributed by atoms with Gasteiger partial charge in [0.05, 0.1) is 11.7 Å². The van der Waals surface area contributed by atoms with Crippen molar-refractivity contribution in [1.82, 2.24) is 19.4 Å². The van der Waals surface area contributed by atoms with Crippen LogP contribution in [0.5, 0.6) is 0 Å². The molecule has 1 fully saturated rings. The molecule has 7 nitrogen and oxygen atoms in total. The zero-order valence-corrected chi connectivity index (χ0v) is 21.7. The summed E-state index contributed by atoms with van der Waals surface area (Å²) in [5.41, 5.74) is 8.66. The summed E-state index contributed by atoms with van der Waals surface area (Å²) in [5.74, 6) is 0.837. The van der Waals surface area contributed by atoms with E-state index >= 15 is 0 Å². The molecule has 0 bridgehead atoms. The van der Waals surface area contributed by atoms with E-state index in [9.17, 15) is 9.90 Å². The van der Waals surface area contributed by atoms with Crippen LogP contribution in [0.1, 0.15) is 57.5 Å². The van der Waals surface area contributed by atoms with Gasteiger partial charge < -0.3 is 20.3 Å². The second kappa shape index (κ2) is 11.3. The van der Waals surface area contributed by atoms with E-state index < -0.39 is 6.23 Å². The second-order valence-electron chi connectivity index (χ2n) is 10.7. The summed E-state index contributed by atoms with van der Waals surface area (Å²) in [6, 6.07) is 20.0. The number of likely N-dealkylation sites (tertiary alicyclic amines) is 1. The van der Waals surface area contributed by atoms with Crippen molar-refractivity contribution in [3.63, 3.8) is 0 Å². The number of imidazole rings is 1. The number of urea groups is 1. The number of aliphatic hydroxyl groups excluding tert-OH is 1. The van der Waals surface area contributed by atoms with Crippen LogP contribution in [0.4, 0.5) is 4.79 Å². The number of carbonyl (C=O) groups excluding carboxylic acids is 1. The summed E-state index contributed by atoms with van der Waals surface area (Å²) < 4.78 is 2.18. The van der Waals surface area contributed by atoms with E-state index in [0.29, 0.717) is 39.0 Å². The molecule has 0 aliphatic carbocycles. The summed E-state index contributed by atoms with van der Waals surface area (Å²) in [7, 11) is 0. The fourth-order valence-electron chi connectivity index (χ4n) is 5.03. The third-order valence-corrected chi connectivity index (χ3v) is 6.76. The molecule has 1 aliphatic heterocycles. The van der Waals surface area contributed by atoms with Gasteiger partial charge in [-0.15, -0.1) is 0 Å². The lowest BCUT2D eigenvalue weighted by Crippen LogP contribution is -2.50. The summed E-state index contributed by atoms with van der Waals surface area (Å²) in [6.07, 6.45) is 3.43. The standard InChI is InChI=1S/C29H39N5O2/c1-29(2,3)26(34(19-11-17-30)28(36)33-18-10-16-25(33)35)27-31-24(23-14-8-5-9-15-23)21-32(27)20-22-12-6-4-7-13-22/h4-9,12-15,21,25-26,35H,10-11,16-20,30H2,1-3H3/t25?,26-/m0/s1. The molecule has 36 heavy (non-hydrogen) atoms. The van der Waals surface area contributed by atoms with Gasteiger partial charge >= 0.3 is 6.03 Å². The first-order valence-corrected chi connectivity index (χ1v) is 12.9. The number of aliphatic hydroxyl groups is 1. The lowest BCUT2D eigenvalue weighted by atomic mass is 9.84. The second-order valence-corrected chi connectivity index (χ2v) is 10.7. The molecular weight excluding hydrogens is 450 g/mol. The lowest BCUT2D eigenvalue weighted by molar-refractivity contribution is 0.0262. The van der Waals surface area contributed by atoms with Crippen LogP contribution in [0, 0.1) is 5.41 Å². The van der Waals surface area contributed by atoms with Crippen LogP contribution < -0.4 is 5.73 Å². The van der Waals surface area contributed by atoms with Gasteiger partial charge in [-0.05, 0) is 36.8 Å². The van der Waals surface area contributed by atoms with Crippen molar-refractivity contribution in [2.45, 2.75) is 58.8 Å². The van der Waals surface area contributed by atoms with E-state index in [0.717, 1.165) is 23.5 Å². The number of nitrogens with zero attached hydrogens (tertiary/aromatic N) is 4. The van der Waals surface area contributed by atoms with Crippen molar-refractivity contribution >= 4 is 6.03 Å². The molecule has 0 radical (unpaired) electrons. The van der Waals surface area contributed by atoms with Gasteiger partial charge in [0.25, 0.3) is 0 Å². The van der Waals surface area contributed by atoms with Gasteiger partial charge in [0.15, 0.2) is 0 Å². The molecule has 3 N–H and O–H groups in total. The summed E-state index contributed by atoms with van der Waals surface area (Å²) >= 11 is 0. The lowest BCUT2D eigenvalue weighted by Gasteiger charge is -2.42. The Balaban J connectivity index is 1.82. The van der Waals surface area contributed by atoms with E-state index in [1.165, 1.54) is 5.56 Å².